The van der Waals surface area contributed by atoms with Crippen molar-refractivity contribution in [3.8, 4) is 17.2 Å². The molecule has 4 rings (SSSR count). The third kappa shape index (κ3) is 5.16. The average Bonchev–Trinajstić information content (AvgIpc) is 3.08. The first-order chi connectivity index (χ1) is 16.9. The first kappa shape index (κ1) is 25.1. The number of carbonyl (C=O) groups excluding carboxylic acids is 1. The molecule has 0 unspecified atom stereocenters. The molecule has 186 valence electrons. The molecular formula is C26H19ClF3NO5. The van der Waals surface area contributed by atoms with Crippen molar-refractivity contribution in [1.82, 2.24) is 4.57 Å². The van der Waals surface area contributed by atoms with E-state index in [-0.39, 0.29) is 22.6 Å². The number of alkyl halides is 3. The van der Waals surface area contributed by atoms with Crippen LogP contribution < -0.4 is 9.47 Å². The molecule has 36 heavy (non-hydrogen) atoms. The summed E-state index contributed by atoms with van der Waals surface area (Å²) in [5, 5.41) is 9.91. The maximum atomic E-state index is 13.5. The Kier molecular flexibility index (Phi) is 6.69. The van der Waals surface area contributed by atoms with E-state index in [2.05, 4.69) is 4.74 Å². The fourth-order valence-corrected chi connectivity index (χ4v) is 4.13. The molecule has 0 aliphatic heterocycles. The van der Waals surface area contributed by atoms with E-state index in [1.807, 2.05) is 0 Å². The summed E-state index contributed by atoms with van der Waals surface area (Å²) in [5.41, 5.74) is 1.76. The van der Waals surface area contributed by atoms with Gasteiger partial charge in [-0.05, 0) is 50.2 Å². The molecule has 0 aliphatic carbocycles. The van der Waals surface area contributed by atoms with Crippen molar-refractivity contribution in [2.75, 3.05) is 0 Å². The third-order valence-corrected chi connectivity index (χ3v) is 5.70. The molecule has 1 N–H and O–H groups in total. The molecule has 0 spiro atoms. The molecule has 3 aromatic carbocycles. The number of rotatable bonds is 7. The van der Waals surface area contributed by atoms with Crippen molar-refractivity contribution in [1.29, 1.82) is 0 Å². The quantitative estimate of drug-likeness (QED) is 0.280. The molecule has 0 bridgehead atoms. The molecule has 0 saturated heterocycles. The highest BCUT2D eigenvalue weighted by atomic mass is 35.5. The predicted octanol–water partition coefficient (Wildman–Crippen LogP) is 6.57. The number of ketones is 1. The molecule has 6 nitrogen and oxygen atoms in total. The predicted molar refractivity (Wildman–Crippen MR) is 127 cm³/mol. The number of hydrogen-bond donors (Lipinski definition) is 1. The number of aromatic nitrogens is 1. The number of carbonyl (C=O) groups is 2. The highest BCUT2D eigenvalue weighted by molar-refractivity contribution is 6.31. The first-order valence-electron chi connectivity index (χ1n) is 10.7. The van der Waals surface area contributed by atoms with Gasteiger partial charge >= 0.3 is 12.3 Å². The molecule has 0 radical (unpaired) electrons. The van der Waals surface area contributed by atoms with Crippen molar-refractivity contribution in [2.24, 2.45) is 0 Å². The second-order valence-corrected chi connectivity index (χ2v) is 8.39. The SMILES string of the molecule is Cc1c(C(=O)c2cccc(Cl)c2)c2ccc(OC(F)(F)F)cc2n1-c1cccc(O[C@@H](C)C(=O)O)c1. The number of halogens is 4. The van der Waals surface area contributed by atoms with Gasteiger partial charge in [-0.3, -0.25) is 4.79 Å². The van der Waals surface area contributed by atoms with Crippen LogP contribution in [0.25, 0.3) is 16.6 Å². The number of nitrogens with zero attached hydrogens (tertiary/aromatic N) is 1. The average molecular weight is 518 g/mol. The topological polar surface area (TPSA) is 77.8 Å². The van der Waals surface area contributed by atoms with Crippen molar-refractivity contribution in [3.63, 3.8) is 0 Å². The number of ether oxygens (including phenoxy) is 2. The summed E-state index contributed by atoms with van der Waals surface area (Å²) >= 11 is 6.06. The minimum Gasteiger partial charge on any atom is -0.479 e. The van der Waals surface area contributed by atoms with Crippen LogP contribution in [0.3, 0.4) is 0 Å². The summed E-state index contributed by atoms with van der Waals surface area (Å²) < 4.78 is 49.9. The zero-order valence-electron chi connectivity index (χ0n) is 19.0. The van der Waals surface area contributed by atoms with Gasteiger partial charge in [-0.15, -0.1) is 13.2 Å². The van der Waals surface area contributed by atoms with E-state index in [1.54, 1.807) is 47.9 Å². The Labute approximate surface area is 208 Å². The zero-order chi connectivity index (χ0) is 26.2. The number of carboxylic acid groups (broad SMARTS) is 1. The Morgan fingerprint density at radius 3 is 2.39 bits per heavy atom. The van der Waals surface area contributed by atoms with Gasteiger partial charge in [0.05, 0.1) is 11.1 Å². The summed E-state index contributed by atoms with van der Waals surface area (Å²) in [7, 11) is 0. The van der Waals surface area contributed by atoms with Crippen LogP contribution in [0, 0.1) is 6.92 Å². The van der Waals surface area contributed by atoms with Gasteiger partial charge in [0.15, 0.2) is 11.9 Å². The normalized spacial score (nSPS) is 12.4. The molecular weight excluding hydrogens is 499 g/mol. The summed E-state index contributed by atoms with van der Waals surface area (Å²) in [4.78, 5) is 24.7. The molecule has 1 aromatic heterocycles. The fraction of sp³-hybridized carbons (Fsp3) is 0.154. The largest absolute Gasteiger partial charge is 0.573 e. The molecule has 1 heterocycles. The number of benzene rings is 3. The van der Waals surface area contributed by atoms with E-state index in [4.69, 9.17) is 21.4 Å². The molecule has 0 amide bonds. The highest BCUT2D eigenvalue weighted by Gasteiger charge is 2.32. The van der Waals surface area contributed by atoms with Gasteiger partial charge in [0.25, 0.3) is 0 Å². The summed E-state index contributed by atoms with van der Waals surface area (Å²) in [6, 6.07) is 16.5. The van der Waals surface area contributed by atoms with Gasteiger partial charge in [-0.25, -0.2) is 4.79 Å². The van der Waals surface area contributed by atoms with Crippen LogP contribution >= 0.6 is 11.6 Å². The monoisotopic (exact) mass is 517 g/mol. The molecule has 1 atom stereocenters. The van der Waals surface area contributed by atoms with Crippen LogP contribution in [0.5, 0.6) is 11.5 Å². The van der Waals surface area contributed by atoms with E-state index < -0.39 is 24.2 Å². The Bertz CT molecular complexity index is 1480. The molecule has 10 heteroatoms. The van der Waals surface area contributed by atoms with Crippen molar-refractivity contribution >= 4 is 34.3 Å². The Morgan fingerprint density at radius 2 is 1.72 bits per heavy atom. The van der Waals surface area contributed by atoms with E-state index in [0.717, 1.165) is 6.07 Å². The molecule has 0 fully saturated rings. The lowest BCUT2D eigenvalue weighted by Crippen LogP contribution is -2.22. The van der Waals surface area contributed by atoms with E-state index in [9.17, 15) is 22.8 Å². The minimum atomic E-state index is -4.90. The van der Waals surface area contributed by atoms with Gasteiger partial charge in [0, 0.05) is 39.5 Å². The van der Waals surface area contributed by atoms with Gasteiger partial charge < -0.3 is 19.1 Å². The van der Waals surface area contributed by atoms with Gasteiger partial charge in [0.2, 0.25) is 0 Å². The van der Waals surface area contributed by atoms with Crippen molar-refractivity contribution in [2.45, 2.75) is 26.3 Å². The van der Waals surface area contributed by atoms with Crippen LogP contribution in [0.1, 0.15) is 28.5 Å². The molecule has 4 aromatic rings. The maximum Gasteiger partial charge on any atom is 0.573 e. The first-order valence-corrected chi connectivity index (χ1v) is 11.0. The number of carboxylic acids is 1. The Morgan fingerprint density at radius 1 is 1.00 bits per heavy atom. The smallest absolute Gasteiger partial charge is 0.479 e. The summed E-state index contributed by atoms with van der Waals surface area (Å²) in [6.45, 7) is 3.03. The summed E-state index contributed by atoms with van der Waals surface area (Å²) in [5.74, 6) is -1.75. The standard InChI is InChI=1S/C26H19ClF3NO5/c1-14-23(24(32)16-5-3-6-17(27)11-16)21-10-9-20(36-26(28,29)30)13-22(21)31(14)18-7-4-8-19(12-18)35-15(2)25(33)34/h3-13,15H,1-2H3,(H,33,34)/t15-/m0/s1. The van der Waals surface area contributed by atoms with Crippen molar-refractivity contribution in [3.05, 3.63) is 88.6 Å². The minimum absolute atomic E-state index is 0.231. The second kappa shape index (κ2) is 9.58. The lowest BCUT2D eigenvalue weighted by Gasteiger charge is -2.14. The van der Waals surface area contributed by atoms with Crippen LogP contribution in [0.4, 0.5) is 13.2 Å². The summed E-state index contributed by atoms with van der Waals surface area (Å²) in [6.07, 6.45) is -6.03. The Hall–Kier alpha value is -3.98. The third-order valence-electron chi connectivity index (χ3n) is 5.46. The van der Waals surface area contributed by atoms with E-state index in [1.165, 1.54) is 31.2 Å². The highest BCUT2D eigenvalue weighted by Crippen LogP contribution is 2.35. The van der Waals surface area contributed by atoms with E-state index in [0.29, 0.717) is 27.4 Å². The van der Waals surface area contributed by atoms with Crippen LogP contribution in [0.15, 0.2) is 66.7 Å². The van der Waals surface area contributed by atoms with Gasteiger partial charge in [-0.2, -0.15) is 0 Å². The number of hydrogen-bond acceptors (Lipinski definition) is 4. The maximum absolute atomic E-state index is 13.5. The number of aliphatic carboxylic acids is 1. The van der Waals surface area contributed by atoms with Gasteiger partial charge in [0.1, 0.15) is 11.5 Å². The lowest BCUT2D eigenvalue weighted by atomic mass is 10.0. The van der Waals surface area contributed by atoms with Crippen LogP contribution in [0.2, 0.25) is 5.02 Å². The lowest BCUT2D eigenvalue weighted by molar-refractivity contribution is -0.274. The number of fused-ring (bicyclic) bond motifs is 1. The van der Waals surface area contributed by atoms with E-state index >= 15 is 0 Å². The van der Waals surface area contributed by atoms with Gasteiger partial charge in [-0.1, -0.05) is 29.8 Å². The van der Waals surface area contributed by atoms with Crippen LogP contribution in [-0.2, 0) is 4.79 Å². The van der Waals surface area contributed by atoms with Crippen LogP contribution in [-0.4, -0.2) is 33.9 Å². The Balaban J connectivity index is 1.92. The zero-order valence-corrected chi connectivity index (χ0v) is 19.7. The second-order valence-electron chi connectivity index (χ2n) is 7.96. The van der Waals surface area contributed by atoms with Crippen molar-refractivity contribution < 1.29 is 37.3 Å². The fourth-order valence-electron chi connectivity index (χ4n) is 3.94. The molecule has 0 saturated carbocycles. The molecule has 0 aliphatic rings.